The zero-order valence-electron chi connectivity index (χ0n) is 24.2. The van der Waals surface area contributed by atoms with Crippen LogP contribution >= 0.6 is 0 Å². The summed E-state index contributed by atoms with van der Waals surface area (Å²) in [6.45, 7) is 9.11. The average molecular weight is 550 g/mol. The van der Waals surface area contributed by atoms with Gasteiger partial charge in [-0.2, -0.15) is 0 Å². The van der Waals surface area contributed by atoms with E-state index < -0.39 is 35.1 Å². The molecule has 0 aromatic heterocycles. The van der Waals surface area contributed by atoms with Crippen LogP contribution in [0.5, 0.6) is 0 Å². The molecule has 1 spiro atoms. The first kappa shape index (κ1) is 28.6. The van der Waals surface area contributed by atoms with Crippen molar-refractivity contribution in [2.45, 2.75) is 76.7 Å². The van der Waals surface area contributed by atoms with Crippen LogP contribution < -0.4 is 4.90 Å². The van der Waals surface area contributed by atoms with Gasteiger partial charge in [0.25, 0.3) is 0 Å². The molecule has 2 fully saturated rings. The summed E-state index contributed by atoms with van der Waals surface area (Å²) in [4.78, 5) is 48.5. The summed E-state index contributed by atoms with van der Waals surface area (Å²) in [6, 6.07) is 7.94. The van der Waals surface area contributed by atoms with Crippen LogP contribution in [0.25, 0.3) is 0 Å². The molecule has 0 aliphatic carbocycles. The van der Waals surface area contributed by atoms with Crippen molar-refractivity contribution in [2.24, 2.45) is 17.8 Å². The van der Waals surface area contributed by atoms with Gasteiger partial charge in [0.2, 0.25) is 17.7 Å². The van der Waals surface area contributed by atoms with Gasteiger partial charge < -0.3 is 24.5 Å². The number of benzene rings is 1. The summed E-state index contributed by atoms with van der Waals surface area (Å²) in [6.07, 6.45) is 11.3. The molecule has 1 unspecified atom stereocenters. The fraction of sp³-hybridized carbons (Fsp3) is 0.594. The van der Waals surface area contributed by atoms with E-state index in [1.54, 1.807) is 9.80 Å². The Morgan fingerprint density at radius 2 is 1.70 bits per heavy atom. The number of carbonyl (C=O) groups is 3. The Kier molecular flexibility index (Phi) is 7.94. The molecular formula is C32H43N3O5. The highest BCUT2D eigenvalue weighted by atomic mass is 16.5. The molecule has 1 aromatic carbocycles. The predicted octanol–water partition coefficient (Wildman–Crippen LogP) is 3.56. The first-order chi connectivity index (χ1) is 19.2. The van der Waals surface area contributed by atoms with Gasteiger partial charge in [-0.25, -0.2) is 0 Å². The monoisotopic (exact) mass is 549 g/mol. The first-order valence-corrected chi connectivity index (χ1v) is 14.9. The summed E-state index contributed by atoms with van der Waals surface area (Å²) in [5.74, 6) is -2.42. The minimum atomic E-state index is -1.31. The fourth-order valence-corrected chi connectivity index (χ4v) is 7.27. The van der Waals surface area contributed by atoms with Gasteiger partial charge in [0.05, 0.1) is 30.1 Å². The van der Waals surface area contributed by atoms with Crippen LogP contribution in [0.2, 0.25) is 0 Å². The summed E-state index contributed by atoms with van der Waals surface area (Å²) in [5, 5.41) is 10.6. The summed E-state index contributed by atoms with van der Waals surface area (Å²) >= 11 is 0. The van der Waals surface area contributed by atoms with Crippen LogP contribution in [0, 0.1) is 17.8 Å². The van der Waals surface area contributed by atoms with Crippen molar-refractivity contribution in [1.29, 1.82) is 0 Å². The number of carbonyl (C=O) groups excluding carboxylic acids is 3. The minimum Gasteiger partial charge on any atom is -0.394 e. The van der Waals surface area contributed by atoms with E-state index in [9.17, 15) is 19.5 Å². The first-order valence-electron chi connectivity index (χ1n) is 14.9. The normalized spacial score (nSPS) is 33.0. The number of para-hydroxylation sites is 1. The molecule has 4 aliphatic rings. The Labute approximate surface area is 237 Å². The van der Waals surface area contributed by atoms with Crippen LogP contribution in [-0.2, 0) is 19.1 Å². The molecule has 3 amide bonds. The third-order valence-corrected chi connectivity index (χ3v) is 9.52. The number of hydrogen-bond donors (Lipinski definition) is 1. The molecule has 8 heteroatoms. The minimum absolute atomic E-state index is 0.0460. The van der Waals surface area contributed by atoms with Crippen molar-refractivity contribution in [3.63, 3.8) is 0 Å². The largest absolute Gasteiger partial charge is 0.394 e. The van der Waals surface area contributed by atoms with E-state index in [1.165, 1.54) is 0 Å². The number of anilines is 1. The Hall–Kier alpha value is -2.97. The summed E-state index contributed by atoms with van der Waals surface area (Å²) < 4.78 is 6.92. The van der Waals surface area contributed by atoms with E-state index in [0.29, 0.717) is 19.6 Å². The Morgan fingerprint density at radius 3 is 2.38 bits per heavy atom. The molecule has 0 radical (unpaired) electrons. The van der Waals surface area contributed by atoms with Gasteiger partial charge in [0.15, 0.2) is 0 Å². The number of ether oxygens (including phenoxy) is 1. The second-order valence-corrected chi connectivity index (χ2v) is 12.0. The van der Waals surface area contributed by atoms with Gasteiger partial charge in [0.1, 0.15) is 11.6 Å². The van der Waals surface area contributed by atoms with E-state index in [1.807, 2.05) is 80.3 Å². The number of hydrogen-bond acceptors (Lipinski definition) is 5. The lowest BCUT2D eigenvalue weighted by atomic mass is 9.74. The standard InChI is InChI=1S/C32H43N3O5/c1-5-7-11-18-33-19-13-17-32-26(29(38)35(27(32)30(33)39)24(21-36)22(3)6-2)25-28(37)34(23-14-9-8-10-15-23)20-12-16-31(25,4)40-32/h8-10,12-17,22,24-27,36H,5-7,11,18-21H2,1-4H3/t22-,24-,25-,26-,27?,31+,32-/m0/s1. The molecule has 216 valence electrons. The van der Waals surface area contributed by atoms with E-state index >= 15 is 0 Å². The number of rotatable bonds is 9. The van der Waals surface area contributed by atoms with E-state index in [-0.39, 0.29) is 30.2 Å². The quantitative estimate of drug-likeness (QED) is 0.376. The number of aliphatic hydroxyl groups excluding tert-OH is 1. The number of fused-ring (bicyclic) bond motifs is 2. The Morgan fingerprint density at radius 1 is 0.975 bits per heavy atom. The second-order valence-electron chi connectivity index (χ2n) is 12.0. The van der Waals surface area contributed by atoms with Gasteiger partial charge >= 0.3 is 0 Å². The number of aliphatic hydroxyl groups is 1. The third-order valence-electron chi connectivity index (χ3n) is 9.52. The molecular weight excluding hydrogens is 506 g/mol. The van der Waals surface area contributed by atoms with Gasteiger partial charge in [-0.15, -0.1) is 0 Å². The molecule has 4 heterocycles. The van der Waals surface area contributed by atoms with Crippen molar-refractivity contribution >= 4 is 23.4 Å². The molecule has 1 N–H and O–H groups in total. The van der Waals surface area contributed by atoms with Gasteiger partial charge in [0, 0.05) is 25.3 Å². The van der Waals surface area contributed by atoms with Crippen molar-refractivity contribution in [1.82, 2.24) is 9.80 Å². The highest BCUT2D eigenvalue weighted by molar-refractivity contribution is 6.04. The van der Waals surface area contributed by atoms with Gasteiger partial charge in [-0.05, 0) is 31.4 Å². The van der Waals surface area contributed by atoms with Crippen LogP contribution in [0.1, 0.15) is 53.4 Å². The van der Waals surface area contributed by atoms with E-state index in [0.717, 1.165) is 31.4 Å². The van der Waals surface area contributed by atoms with Crippen LogP contribution in [0.3, 0.4) is 0 Å². The molecule has 5 rings (SSSR count). The van der Waals surface area contributed by atoms with Crippen molar-refractivity contribution in [2.75, 3.05) is 31.1 Å². The number of amides is 3. The highest BCUT2D eigenvalue weighted by Gasteiger charge is 2.75. The second kappa shape index (κ2) is 11.1. The molecule has 40 heavy (non-hydrogen) atoms. The Balaban J connectivity index is 1.63. The van der Waals surface area contributed by atoms with Crippen LogP contribution in [0.4, 0.5) is 5.69 Å². The Bertz CT molecular complexity index is 1180. The molecule has 0 saturated carbocycles. The molecule has 0 bridgehead atoms. The van der Waals surface area contributed by atoms with Crippen molar-refractivity contribution in [3.05, 3.63) is 54.6 Å². The topological polar surface area (TPSA) is 90.4 Å². The zero-order chi connectivity index (χ0) is 28.7. The van der Waals surface area contributed by atoms with Gasteiger partial charge in [-0.3, -0.25) is 14.4 Å². The van der Waals surface area contributed by atoms with E-state index in [4.69, 9.17) is 4.74 Å². The lowest BCUT2D eigenvalue weighted by molar-refractivity contribution is -0.155. The molecule has 7 atom stereocenters. The summed E-state index contributed by atoms with van der Waals surface area (Å²) in [5.41, 5.74) is -1.63. The molecule has 8 nitrogen and oxygen atoms in total. The maximum atomic E-state index is 14.6. The third kappa shape index (κ3) is 4.40. The smallest absolute Gasteiger partial charge is 0.249 e. The van der Waals surface area contributed by atoms with Crippen LogP contribution in [-0.4, -0.2) is 82.2 Å². The summed E-state index contributed by atoms with van der Waals surface area (Å²) in [7, 11) is 0. The molecule has 4 aliphatic heterocycles. The lowest BCUT2D eigenvalue weighted by Crippen LogP contribution is -2.59. The molecule has 1 aromatic rings. The van der Waals surface area contributed by atoms with Crippen molar-refractivity contribution in [3.8, 4) is 0 Å². The molecule has 2 saturated heterocycles. The number of unbranched alkanes of at least 4 members (excludes halogenated alkanes) is 2. The maximum absolute atomic E-state index is 14.6. The fourth-order valence-electron chi connectivity index (χ4n) is 7.27. The van der Waals surface area contributed by atoms with Gasteiger partial charge in [-0.1, -0.05) is 82.5 Å². The van der Waals surface area contributed by atoms with Crippen LogP contribution in [0.15, 0.2) is 54.6 Å². The highest BCUT2D eigenvalue weighted by Crippen LogP contribution is 2.58. The maximum Gasteiger partial charge on any atom is 0.249 e. The SMILES string of the molecule is CCCCCN1CC=C[C@]23O[C@]4(C)C=CCN(c5ccccc5)C(=O)[C@@H]4[C@H]2C(=O)N([C@@H](CO)[C@@H](C)CC)C3C1=O. The predicted molar refractivity (Wildman–Crippen MR) is 153 cm³/mol. The average Bonchev–Trinajstić information content (AvgIpc) is 3.22. The van der Waals surface area contributed by atoms with Crippen molar-refractivity contribution < 1.29 is 24.2 Å². The zero-order valence-corrected chi connectivity index (χ0v) is 24.2. The lowest BCUT2D eigenvalue weighted by Gasteiger charge is -2.41. The van der Waals surface area contributed by atoms with E-state index in [2.05, 4.69) is 6.92 Å². The number of nitrogens with zero attached hydrogens (tertiary/aromatic N) is 3. The number of likely N-dealkylation sites (tertiary alicyclic amines) is 1.